The molecule has 3 aromatic heterocycles. The van der Waals surface area contributed by atoms with E-state index in [1.165, 1.54) is 25.9 Å². The van der Waals surface area contributed by atoms with Gasteiger partial charge in [-0.05, 0) is 6.42 Å². The number of aromatic nitrogens is 5. The van der Waals surface area contributed by atoms with Crippen LogP contribution in [0.2, 0.25) is 0 Å². The smallest absolute Gasteiger partial charge is 0.386 e. The highest BCUT2D eigenvalue weighted by atomic mass is 32.7. The highest BCUT2D eigenvalue weighted by Crippen LogP contribution is 2.60. The van der Waals surface area contributed by atoms with E-state index in [2.05, 4.69) is 39.4 Å². The summed E-state index contributed by atoms with van der Waals surface area (Å²) >= 11 is 8.22. The van der Waals surface area contributed by atoms with Crippen molar-refractivity contribution in [2.45, 2.75) is 49.6 Å². The Balaban J connectivity index is 1.29. The number of hydrogen-bond acceptors (Lipinski definition) is 13. The molecule has 9 atom stereocenters. The maximum Gasteiger partial charge on any atom is 0.386 e. The van der Waals surface area contributed by atoms with Crippen molar-refractivity contribution in [3.63, 3.8) is 0 Å². The average molecular weight is 666 g/mol. The van der Waals surface area contributed by atoms with Crippen LogP contribution in [-0.2, 0) is 39.0 Å². The molecule has 0 amide bonds. The molecule has 0 aromatic carbocycles. The van der Waals surface area contributed by atoms with Gasteiger partial charge in [0.25, 0.3) is 5.56 Å². The van der Waals surface area contributed by atoms with Crippen LogP contribution in [0.1, 0.15) is 19.1 Å². The molecular weight excluding hydrogens is 639 g/mol. The van der Waals surface area contributed by atoms with E-state index in [1.807, 2.05) is 0 Å². The van der Waals surface area contributed by atoms with Gasteiger partial charge in [0, 0.05) is 37.8 Å². The first-order chi connectivity index (χ1) is 19.9. The lowest BCUT2D eigenvalue weighted by Gasteiger charge is -2.26. The first kappa shape index (κ1) is 30.2. The van der Waals surface area contributed by atoms with E-state index in [9.17, 15) is 23.4 Å². The van der Waals surface area contributed by atoms with Crippen molar-refractivity contribution in [2.75, 3.05) is 13.2 Å². The molecule has 3 fully saturated rings. The van der Waals surface area contributed by atoms with E-state index in [0.29, 0.717) is 12.3 Å². The van der Waals surface area contributed by atoms with Crippen LogP contribution in [0.4, 0.5) is 4.39 Å². The minimum absolute atomic E-state index is 0.106. The predicted octanol–water partition coefficient (Wildman–Crippen LogP) is 2.67. The van der Waals surface area contributed by atoms with E-state index >= 15 is 0 Å². The Hall–Kier alpha value is -1.85. The summed E-state index contributed by atoms with van der Waals surface area (Å²) in [5.41, 5.74) is -0.760. The zero-order valence-corrected chi connectivity index (χ0v) is 25.4. The van der Waals surface area contributed by atoms with Crippen molar-refractivity contribution in [1.82, 2.24) is 24.1 Å². The van der Waals surface area contributed by atoms with Crippen LogP contribution < -0.4 is 10.3 Å². The van der Waals surface area contributed by atoms with E-state index in [1.54, 1.807) is 6.07 Å². The molecule has 1 N–H and O–H groups in total. The summed E-state index contributed by atoms with van der Waals surface area (Å²) in [4.78, 5) is 24.6. The monoisotopic (exact) mass is 665 g/mol. The molecule has 15 nitrogen and oxygen atoms in total. The van der Waals surface area contributed by atoms with Crippen LogP contribution in [0.15, 0.2) is 35.9 Å². The molecule has 2 aliphatic heterocycles. The van der Waals surface area contributed by atoms with Crippen LogP contribution in [-0.4, -0.2) is 72.9 Å². The number of fused-ring (bicyclic) bond motifs is 4. The number of nitrogens with zero attached hydrogens (tertiary/aromatic N) is 5. The number of aliphatic hydroxyl groups excluding tert-OH is 1. The van der Waals surface area contributed by atoms with Gasteiger partial charge in [0.15, 0.2) is 17.7 Å². The number of aliphatic hydroxyl groups is 1. The topological polar surface area (TPSA) is 175 Å². The fourth-order valence-corrected chi connectivity index (χ4v) is 8.33. The molecule has 0 unspecified atom stereocenters. The third-order valence-electron chi connectivity index (χ3n) is 7.24. The largest absolute Gasteiger partial charge is 0.474 e. The Morgan fingerprint density at radius 3 is 2.64 bits per heavy atom. The molecule has 6 rings (SSSR count). The standard InChI is InChI=1S/C22H26FN5O10P2S2/c1-27-10-26-20-17(21(27)30)13(23)6-28(20)22-19-18(29)15(36-22)8-34-39(31,41)37-14-5-12(35-16-2-3-24-9-25-16)4-11(14)7-33-40(32,42)38-19/h2-3,6,9-12,14-15,18-19,22,29H,4-5,7-8H2,1H3,(H,31,41)(H,32,42)/t11-,12-,14+,15-,18-,19-,22-,39-,40-/m1/s1. The van der Waals surface area contributed by atoms with Crippen molar-refractivity contribution in [2.24, 2.45) is 13.0 Å². The van der Waals surface area contributed by atoms with Crippen molar-refractivity contribution < 1.29 is 46.2 Å². The van der Waals surface area contributed by atoms with Gasteiger partial charge in [-0.15, -0.1) is 0 Å². The van der Waals surface area contributed by atoms with Crippen molar-refractivity contribution >= 4 is 49.1 Å². The van der Waals surface area contributed by atoms with E-state index in [4.69, 9.17) is 27.6 Å². The Morgan fingerprint density at radius 1 is 1.12 bits per heavy atom. The maximum atomic E-state index is 14.9. The minimum Gasteiger partial charge on any atom is -0.474 e. The zero-order valence-electron chi connectivity index (χ0n) is 21.8. The number of hydrogen-bond donors (Lipinski definition) is 3. The van der Waals surface area contributed by atoms with Gasteiger partial charge < -0.3 is 28.2 Å². The molecule has 0 radical (unpaired) electrons. The summed E-state index contributed by atoms with van der Waals surface area (Å²) in [6.07, 6.45) is -1.18. The molecular formula is C22H26FN5O10P2S2. The highest BCUT2D eigenvalue weighted by molar-refractivity contribution is 8.44. The van der Waals surface area contributed by atoms with Gasteiger partial charge in [-0.3, -0.25) is 18.4 Å². The molecule has 2 bridgehead atoms. The minimum atomic E-state index is -4.22. The molecule has 5 heterocycles. The summed E-state index contributed by atoms with van der Waals surface area (Å²) in [5, 5.41) is 10.8. The molecule has 20 heteroatoms. The van der Waals surface area contributed by atoms with Gasteiger partial charge in [0.2, 0.25) is 5.88 Å². The summed E-state index contributed by atoms with van der Waals surface area (Å²) in [6, 6.07) is 1.58. The first-order valence-corrected chi connectivity index (χ1v) is 18.1. The quantitative estimate of drug-likeness (QED) is 0.275. The van der Waals surface area contributed by atoms with Crippen LogP contribution in [0.25, 0.3) is 11.0 Å². The van der Waals surface area contributed by atoms with Gasteiger partial charge in [0.05, 0.1) is 25.6 Å². The van der Waals surface area contributed by atoms with E-state index < -0.39 is 74.2 Å². The number of halogens is 1. The van der Waals surface area contributed by atoms with Gasteiger partial charge in [0.1, 0.15) is 36.1 Å². The SMILES string of the molecule is Cn1cnc2c(c(F)cn2[C@@H]2O[C@@H]3CO[P@@](=O)(S)O[C@H]4C[C@H](Oc5ccncn5)C[C@@H]4CO[P@@](=O)(S)O[C@@H]2[C@@H]3O)c1=O. The predicted molar refractivity (Wildman–Crippen MR) is 149 cm³/mol. The van der Waals surface area contributed by atoms with Crippen LogP contribution in [0.5, 0.6) is 5.88 Å². The second kappa shape index (κ2) is 11.6. The normalized spacial score (nSPS) is 37.5. The summed E-state index contributed by atoms with van der Waals surface area (Å²) in [7, 11) is 1.41. The molecule has 228 valence electrons. The number of rotatable bonds is 3. The van der Waals surface area contributed by atoms with Crippen molar-refractivity contribution in [1.29, 1.82) is 0 Å². The van der Waals surface area contributed by atoms with Gasteiger partial charge >= 0.3 is 13.6 Å². The summed E-state index contributed by atoms with van der Waals surface area (Å²) < 4.78 is 78.2. The Bertz CT molecular complexity index is 1630. The number of thiol groups is 2. The van der Waals surface area contributed by atoms with Crippen molar-refractivity contribution in [3.05, 3.63) is 47.3 Å². The van der Waals surface area contributed by atoms with E-state index in [0.717, 1.165) is 15.3 Å². The Morgan fingerprint density at radius 2 is 1.88 bits per heavy atom. The molecule has 0 spiro atoms. The van der Waals surface area contributed by atoms with E-state index in [-0.39, 0.29) is 24.1 Å². The average Bonchev–Trinajstić information content (AvgIpc) is 3.57. The molecule has 2 saturated heterocycles. The zero-order chi connectivity index (χ0) is 29.8. The lowest BCUT2D eigenvalue weighted by molar-refractivity contribution is -0.0487. The van der Waals surface area contributed by atoms with Gasteiger partial charge in [-0.1, -0.05) is 24.5 Å². The number of aryl methyl sites for hydroxylation is 1. The van der Waals surface area contributed by atoms with Gasteiger partial charge in [-0.2, -0.15) is 0 Å². The third kappa shape index (κ3) is 6.07. The lowest BCUT2D eigenvalue weighted by atomic mass is 10.1. The first-order valence-electron chi connectivity index (χ1n) is 12.7. The molecule has 3 aliphatic rings. The second-order valence-electron chi connectivity index (χ2n) is 10.1. The maximum absolute atomic E-state index is 14.9. The molecule has 42 heavy (non-hydrogen) atoms. The van der Waals surface area contributed by atoms with Crippen LogP contribution in [0.3, 0.4) is 0 Å². The number of ether oxygens (including phenoxy) is 2. The fourth-order valence-electron chi connectivity index (χ4n) is 5.27. The third-order valence-corrected chi connectivity index (χ3v) is 10.5. The van der Waals surface area contributed by atoms with Gasteiger partial charge in [-0.25, -0.2) is 28.5 Å². The molecule has 3 aromatic rings. The summed E-state index contributed by atoms with van der Waals surface area (Å²) in [6.45, 7) is -8.98. The van der Waals surface area contributed by atoms with Crippen LogP contribution in [0, 0.1) is 11.7 Å². The fraction of sp³-hybridized carbons (Fsp3) is 0.545. The summed E-state index contributed by atoms with van der Waals surface area (Å²) in [5.74, 6) is -1.06. The van der Waals surface area contributed by atoms with Crippen molar-refractivity contribution in [3.8, 4) is 5.88 Å². The molecule has 1 saturated carbocycles. The Kier molecular flexibility index (Phi) is 8.32. The molecule has 1 aliphatic carbocycles. The second-order valence-corrected chi connectivity index (χ2v) is 15.8. The lowest BCUT2D eigenvalue weighted by Crippen LogP contribution is -2.35. The Labute approximate surface area is 248 Å². The highest BCUT2D eigenvalue weighted by Gasteiger charge is 2.51. The van der Waals surface area contributed by atoms with Crippen LogP contribution >= 0.6 is 38.1 Å².